The highest BCUT2D eigenvalue weighted by Gasteiger charge is 2.47. The lowest BCUT2D eigenvalue weighted by Crippen LogP contribution is -2.42. The van der Waals surface area contributed by atoms with Crippen molar-refractivity contribution in [3.8, 4) is 23.7 Å². The molecule has 4 rings (SSSR count). The van der Waals surface area contributed by atoms with Crippen LogP contribution in [-0.4, -0.2) is 17.8 Å². The summed E-state index contributed by atoms with van der Waals surface area (Å²) in [6.45, 7) is 11.8. The summed E-state index contributed by atoms with van der Waals surface area (Å²) in [7, 11) is 0. The molecule has 2 aliphatic carbocycles. The third-order valence-corrected chi connectivity index (χ3v) is 9.07. The smallest absolute Gasteiger partial charge is 0.167 e. The number of epoxide rings is 1. The van der Waals surface area contributed by atoms with E-state index in [2.05, 4.69) is 64.4 Å². The van der Waals surface area contributed by atoms with Crippen LogP contribution in [0, 0.1) is 40.9 Å². The molecule has 5 atom stereocenters. The Hall–Kier alpha value is -1.64. The lowest BCUT2D eigenvalue weighted by atomic mass is 9.56. The van der Waals surface area contributed by atoms with Crippen molar-refractivity contribution in [1.29, 1.82) is 0 Å². The zero-order valence-electron chi connectivity index (χ0n) is 22.4. The Morgan fingerprint density at radius 2 is 1.85 bits per heavy atom. The Kier molecular flexibility index (Phi) is 8.20. The van der Waals surface area contributed by atoms with Gasteiger partial charge in [-0.2, -0.15) is 0 Å². The molecule has 0 bridgehead atoms. The maximum absolute atomic E-state index is 6.59. The Balaban J connectivity index is 1.25. The molecule has 2 nitrogen and oxygen atoms in total. The molecule has 0 aromatic carbocycles. The third-order valence-electron chi connectivity index (χ3n) is 9.07. The fourth-order valence-corrected chi connectivity index (χ4v) is 6.55. The van der Waals surface area contributed by atoms with E-state index in [0.29, 0.717) is 23.5 Å². The van der Waals surface area contributed by atoms with Crippen LogP contribution in [0.4, 0.5) is 0 Å². The van der Waals surface area contributed by atoms with Gasteiger partial charge in [-0.1, -0.05) is 69.9 Å². The molecule has 1 saturated heterocycles. The van der Waals surface area contributed by atoms with E-state index < -0.39 is 0 Å². The van der Waals surface area contributed by atoms with Crippen LogP contribution in [0.2, 0.25) is 0 Å². The van der Waals surface area contributed by atoms with Gasteiger partial charge in [-0.25, -0.2) is 0 Å². The van der Waals surface area contributed by atoms with Gasteiger partial charge in [0.05, 0.1) is 12.2 Å². The van der Waals surface area contributed by atoms with Crippen LogP contribution in [0.1, 0.15) is 118 Å². The molecule has 4 aliphatic rings. The Bertz CT molecular complexity index is 914. The highest BCUT2D eigenvalue weighted by atomic mass is 16.6. The molecule has 0 aromatic rings. The number of allylic oxidation sites excluding steroid dienone is 4. The van der Waals surface area contributed by atoms with Crippen LogP contribution in [-0.2, 0) is 9.47 Å². The molecule has 2 heteroatoms. The van der Waals surface area contributed by atoms with E-state index in [1.807, 2.05) is 0 Å². The lowest BCUT2D eigenvalue weighted by molar-refractivity contribution is -0.0542. The number of unbranched alkanes of at least 4 members (excludes halogenated alkanes) is 4. The van der Waals surface area contributed by atoms with Gasteiger partial charge in [-0.3, -0.25) is 0 Å². The fraction of sp³-hybridized carbons (Fsp3) is 0.750. The predicted octanol–water partition coefficient (Wildman–Crippen LogP) is 8.13. The maximum Gasteiger partial charge on any atom is 0.167 e. The maximum atomic E-state index is 6.59. The number of hydrogen-bond acceptors (Lipinski definition) is 2. The molecule has 186 valence electrons. The van der Waals surface area contributed by atoms with Crippen molar-refractivity contribution >= 4 is 0 Å². The van der Waals surface area contributed by atoms with Crippen molar-refractivity contribution in [2.75, 3.05) is 0 Å². The first-order valence-corrected chi connectivity index (χ1v) is 14.0. The zero-order valence-corrected chi connectivity index (χ0v) is 22.4. The van der Waals surface area contributed by atoms with Crippen LogP contribution >= 0.6 is 0 Å². The normalized spacial score (nSPS) is 35.7. The largest absolute Gasteiger partial charge is 0.479 e. The summed E-state index contributed by atoms with van der Waals surface area (Å²) in [5.74, 6) is 14.7. The molecule has 0 radical (unpaired) electrons. The minimum Gasteiger partial charge on any atom is -0.479 e. The SMILES string of the molecule is CCCCCCC[C@H]1O[C@H]1CC#CC#CC1=CC[C@H]2CC/C(C)=C3/CC(C)(C)C3CC[C@]2(C)O1. The lowest BCUT2D eigenvalue weighted by Gasteiger charge is -2.49. The Morgan fingerprint density at radius 1 is 1.03 bits per heavy atom. The molecule has 0 spiro atoms. The monoisotopic (exact) mass is 462 g/mol. The number of fused-ring (bicyclic) bond motifs is 2. The van der Waals surface area contributed by atoms with E-state index in [9.17, 15) is 0 Å². The van der Waals surface area contributed by atoms with Crippen molar-refractivity contribution in [3.63, 3.8) is 0 Å². The van der Waals surface area contributed by atoms with E-state index in [-0.39, 0.29) is 5.60 Å². The van der Waals surface area contributed by atoms with Crippen molar-refractivity contribution < 1.29 is 9.47 Å². The predicted molar refractivity (Wildman–Crippen MR) is 141 cm³/mol. The van der Waals surface area contributed by atoms with Gasteiger partial charge < -0.3 is 9.47 Å². The molecular weight excluding hydrogens is 416 g/mol. The molecular formula is C32H46O2. The van der Waals surface area contributed by atoms with E-state index in [1.54, 1.807) is 11.1 Å². The molecule has 2 fully saturated rings. The Labute approximate surface area is 209 Å². The first-order chi connectivity index (χ1) is 16.3. The summed E-state index contributed by atoms with van der Waals surface area (Å²) in [6, 6.07) is 0. The van der Waals surface area contributed by atoms with Gasteiger partial charge in [-0.15, -0.1) is 0 Å². The van der Waals surface area contributed by atoms with E-state index in [1.165, 1.54) is 64.2 Å². The van der Waals surface area contributed by atoms with Gasteiger partial charge in [0, 0.05) is 12.3 Å². The molecule has 0 amide bonds. The second-order valence-corrected chi connectivity index (χ2v) is 12.2. The number of rotatable bonds is 7. The van der Waals surface area contributed by atoms with Gasteiger partial charge >= 0.3 is 0 Å². The summed E-state index contributed by atoms with van der Waals surface area (Å²) >= 11 is 0. The molecule has 34 heavy (non-hydrogen) atoms. The molecule has 2 aliphatic heterocycles. The van der Waals surface area contributed by atoms with Crippen LogP contribution < -0.4 is 0 Å². The first-order valence-electron chi connectivity index (χ1n) is 14.0. The standard InChI is InChI=1S/C32H46O2/c1-6-7-8-9-12-15-29-30(33-29)16-13-10-11-14-26-20-19-25-18-17-24(2)27-23-31(3,4)28(27)21-22-32(25,5)34-26/h20,25,28-30H,6-9,12,15-19,21-23H2,1-5H3/b27-24-/t25-,28?,29-,30+,32+/m1/s1. The quantitative estimate of drug-likeness (QED) is 0.165. The van der Waals surface area contributed by atoms with Crippen LogP contribution in [0.5, 0.6) is 0 Å². The van der Waals surface area contributed by atoms with Crippen molar-refractivity contribution in [3.05, 3.63) is 23.0 Å². The van der Waals surface area contributed by atoms with E-state index >= 15 is 0 Å². The molecule has 1 saturated carbocycles. The molecule has 2 heterocycles. The zero-order chi connectivity index (χ0) is 24.2. The minimum absolute atomic E-state index is 0.111. The van der Waals surface area contributed by atoms with Gasteiger partial charge in [0.2, 0.25) is 0 Å². The number of hydrogen-bond donors (Lipinski definition) is 0. The highest BCUT2D eigenvalue weighted by Crippen LogP contribution is 2.56. The summed E-state index contributed by atoms with van der Waals surface area (Å²) in [5, 5.41) is 0. The molecule has 1 unspecified atom stereocenters. The van der Waals surface area contributed by atoms with Crippen molar-refractivity contribution in [2.24, 2.45) is 17.3 Å². The third kappa shape index (κ3) is 6.13. The molecule has 0 aromatic heterocycles. The van der Waals surface area contributed by atoms with Gasteiger partial charge in [0.1, 0.15) is 5.60 Å². The summed E-state index contributed by atoms with van der Waals surface area (Å²) in [5.41, 5.74) is 3.72. The first kappa shape index (κ1) is 25.5. The second-order valence-electron chi connectivity index (χ2n) is 12.2. The van der Waals surface area contributed by atoms with Gasteiger partial charge in [0.25, 0.3) is 0 Å². The topological polar surface area (TPSA) is 21.8 Å². The van der Waals surface area contributed by atoms with Crippen molar-refractivity contribution in [1.82, 2.24) is 0 Å². The van der Waals surface area contributed by atoms with Gasteiger partial charge in [0.15, 0.2) is 5.76 Å². The second kappa shape index (κ2) is 11.0. The Morgan fingerprint density at radius 3 is 2.65 bits per heavy atom. The van der Waals surface area contributed by atoms with E-state index in [0.717, 1.165) is 30.9 Å². The summed E-state index contributed by atoms with van der Waals surface area (Å²) in [4.78, 5) is 0. The minimum atomic E-state index is -0.111. The van der Waals surface area contributed by atoms with E-state index in [4.69, 9.17) is 9.47 Å². The summed E-state index contributed by atoms with van der Waals surface area (Å²) in [6.07, 6.45) is 18.8. The van der Waals surface area contributed by atoms with Gasteiger partial charge in [-0.05, 0) is 94.0 Å². The van der Waals surface area contributed by atoms with Crippen molar-refractivity contribution in [2.45, 2.75) is 136 Å². The average Bonchev–Trinajstić information content (AvgIpc) is 3.53. The number of ether oxygens (including phenoxy) is 2. The summed E-state index contributed by atoms with van der Waals surface area (Å²) < 4.78 is 12.4. The van der Waals surface area contributed by atoms with Crippen LogP contribution in [0.25, 0.3) is 0 Å². The fourth-order valence-electron chi connectivity index (χ4n) is 6.55. The highest BCUT2D eigenvalue weighted by molar-refractivity contribution is 5.36. The van der Waals surface area contributed by atoms with Crippen LogP contribution in [0.3, 0.4) is 0 Å². The molecule has 0 N–H and O–H groups in total. The van der Waals surface area contributed by atoms with Crippen LogP contribution in [0.15, 0.2) is 23.0 Å². The average molecular weight is 463 g/mol.